The Morgan fingerprint density at radius 2 is 2.03 bits per heavy atom. The third-order valence-corrected chi connectivity index (χ3v) is 7.25. The number of methoxy groups -OCH3 is 2. The summed E-state index contributed by atoms with van der Waals surface area (Å²) in [6.45, 7) is 0.433. The lowest BCUT2D eigenvalue weighted by Crippen LogP contribution is -2.66. The van der Waals surface area contributed by atoms with Crippen LogP contribution in [0.1, 0.15) is 41.6 Å². The van der Waals surface area contributed by atoms with Gasteiger partial charge in [-0.3, -0.25) is 9.59 Å². The van der Waals surface area contributed by atoms with Crippen molar-refractivity contribution in [1.82, 2.24) is 10.6 Å². The van der Waals surface area contributed by atoms with E-state index in [0.29, 0.717) is 36.4 Å². The van der Waals surface area contributed by atoms with Crippen LogP contribution in [0.5, 0.6) is 17.2 Å². The number of nitrogens with one attached hydrogen (secondary N) is 2. The van der Waals surface area contributed by atoms with Crippen LogP contribution in [-0.2, 0) is 11.3 Å². The van der Waals surface area contributed by atoms with E-state index in [4.69, 9.17) is 14.2 Å². The van der Waals surface area contributed by atoms with Crippen LogP contribution in [0.15, 0.2) is 42.5 Å². The summed E-state index contributed by atoms with van der Waals surface area (Å²) in [5.74, 6) is 2.07. The molecule has 4 aliphatic rings. The first-order valence-corrected chi connectivity index (χ1v) is 11.1. The normalized spacial score (nSPS) is 27.8. The van der Waals surface area contributed by atoms with Gasteiger partial charge in [-0.05, 0) is 43.4 Å². The molecule has 2 bridgehead atoms. The fourth-order valence-corrected chi connectivity index (χ4v) is 5.60. The summed E-state index contributed by atoms with van der Waals surface area (Å²) < 4.78 is 17.1. The number of fused-ring (bicyclic) bond motifs is 3. The lowest BCUT2D eigenvalue weighted by atomic mass is 9.60. The Balaban J connectivity index is 1.30. The Bertz CT molecular complexity index is 1050. The van der Waals surface area contributed by atoms with Gasteiger partial charge in [-0.15, -0.1) is 0 Å². The molecule has 2 aromatic carbocycles. The number of rotatable bonds is 5. The van der Waals surface area contributed by atoms with E-state index >= 15 is 0 Å². The maximum atomic E-state index is 13.1. The van der Waals surface area contributed by atoms with Crippen molar-refractivity contribution in [3.8, 4) is 17.2 Å². The lowest BCUT2D eigenvalue weighted by molar-refractivity contribution is -0.146. The van der Waals surface area contributed by atoms with Crippen LogP contribution in [0, 0.1) is 17.8 Å². The van der Waals surface area contributed by atoms with Gasteiger partial charge in [0.1, 0.15) is 17.2 Å². The molecule has 1 spiro atoms. The van der Waals surface area contributed by atoms with Gasteiger partial charge in [0.2, 0.25) is 5.91 Å². The molecule has 1 aliphatic heterocycles. The molecule has 1 heterocycles. The van der Waals surface area contributed by atoms with E-state index in [-0.39, 0.29) is 29.6 Å². The summed E-state index contributed by atoms with van der Waals surface area (Å²) in [5, 5.41) is 6.23. The summed E-state index contributed by atoms with van der Waals surface area (Å²) >= 11 is 0. The topological polar surface area (TPSA) is 85.9 Å². The molecule has 0 saturated heterocycles. The van der Waals surface area contributed by atoms with Crippen molar-refractivity contribution in [2.24, 2.45) is 17.8 Å². The highest BCUT2D eigenvalue weighted by Crippen LogP contribution is 2.52. The number of amides is 2. The Morgan fingerprint density at radius 3 is 2.78 bits per heavy atom. The zero-order chi connectivity index (χ0) is 22.3. The average molecular weight is 437 g/mol. The zero-order valence-electron chi connectivity index (χ0n) is 18.4. The van der Waals surface area contributed by atoms with Crippen LogP contribution in [0.25, 0.3) is 0 Å². The van der Waals surface area contributed by atoms with Gasteiger partial charge < -0.3 is 24.8 Å². The summed E-state index contributed by atoms with van der Waals surface area (Å²) in [5.41, 5.74) is 0.719. The van der Waals surface area contributed by atoms with Crippen LogP contribution in [0.3, 0.4) is 0 Å². The fourth-order valence-electron chi connectivity index (χ4n) is 5.60. The fraction of sp³-hybridized carbons (Fsp3) is 0.440. The summed E-state index contributed by atoms with van der Waals surface area (Å²) in [7, 11) is 3.23. The summed E-state index contributed by atoms with van der Waals surface area (Å²) in [6.07, 6.45) is 3.22. The van der Waals surface area contributed by atoms with Gasteiger partial charge in [0, 0.05) is 36.4 Å². The highest BCUT2D eigenvalue weighted by molar-refractivity contribution is 5.98. The van der Waals surface area contributed by atoms with Crippen molar-refractivity contribution in [1.29, 1.82) is 0 Å². The van der Waals surface area contributed by atoms with E-state index < -0.39 is 5.72 Å². The Labute approximate surface area is 187 Å². The molecule has 3 aliphatic carbocycles. The number of carbonyl (C=O) groups excluding carboxylic acids is 2. The van der Waals surface area contributed by atoms with Crippen LogP contribution < -0.4 is 24.8 Å². The van der Waals surface area contributed by atoms with Gasteiger partial charge in [0.25, 0.3) is 5.91 Å². The highest BCUT2D eigenvalue weighted by atomic mass is 16.5. The molecule has 7 heteroatoms. The second-order valence-electron chi connectivity index (χ2n) is 8.92. The predicted molar refractivity (Wildman–Crippen MR) is 118 cm³/mol. The maximum Gasteiger partial charge on any atom is 0.258 e. The standard InChI is InChI=1S/C25H28N2O5/c1-30-18-9-10-19-22(12-18)32-25(27-24(19)29)13-15-7-8-17(25)11-20(15)23(28)26-14-16-5-3-4-6-21(16)31-2/h3-6,9-10,12,15,17,20H,7-8,11,13-14H2,1-2H3,(H,26,28)(H,27,29)/t15-,17-,20+,25+/m1/s1. The second-order valence-corrected chi connectivity index (χ2v) is 8.92. The average Bonchev–Trinajstić information content (AvgIpc) is 2.82. The van der Waals surface area contributed by atoms with Gasteiger partial charge in [-0.2, -0.15) is 0 Å². The Kier molecular flexibility index (Phi) is 5.19. The molecule has 0 aromatic heterocycles. The Hall–Kier alpha value is -3.22. The van der Waals surface area contributed by atoms with E-state index in [1.807, 2.05) is 24.3 Å². The third-order valence-electron chi connectivity index (χ3n) is 7.25. The van der Waals surface area contributed by atoms with Gasteiger partial charge in [-0.1, -0.05) is 18.2 Å². The van der Waals surface area contributed by atoms with Crippen molar-refractivity contribution < 1.29 is 23.8 Å². The van der Waals surface area contributed by atoms with Crippen LogP contribution in [0.2, 0.25) is 0 Å². The molecule has 6 rings (SSSR count). The van der Waals surface area contributed by atoms with Crippen LogP contribution in [0.4, 0.5) is 0 Å². The molecule has 4 atom stereocenters. The first kappa shape index (κ1) is 20.7. The number of carbonyl (C=O) groups is 2. The molecule has 32 heavy (non-hydrogen) atoms. The van der Waals surface area contributed by atoms with Crippen molar-refractivity contribution in [2.45, 2.75) is 38.0 Å². The SMILES string of the molecule is COc1ccc2c(c1)O[C@]1(C[C@H]3CC[C@@H]1C[C@@H]3C(=O)NCc1ccccc1OC)NC2=O. The smallest absolute Gasteiger partial charge is 0.258 e. The van der Waals surface area contributed by atoms with Crippen molar-refractivity contribution in [2.75, 3.05) is 14.2 Å². The van der Waals surface area contributed by atoms with Gasteiger partial charge in [0.05, 0.1) is 19.8 Å². The van der Waals surface area contributed by atoms with Crippen molar-refractivity contribution in [3.05, 3.63) is 53.6 Å². The highest BCUT2D eigenvalue weighted by Gasteiger charge is 2.57. The molecule has 2 N–H and O–H groups in total. The first-order chi connectivity index (χ1) is 15.5. The van der Waals surface area contributed by atoms with E-state index in [0.717, 1.165) is 24.2 Å². The minimum Gasteiger partial charge on any atom is -0.497 e. The quantitative estimate of drug-likeness (QED) is 0.751. The molecule has 3 saturated carbocycles. The molecule has 3 fully saturated rings. The minimum absolute atomic E-state index is 0.0599. The summed E-state index contributed by atoms with van der Waals surface area (Å²) in [4.78, 5) is 25.9. The van der Waals surface area contributed by atoms with Gasteiger partial charge in [0.15, 0.2) is 5.72 Å². The summed E-state index contributed by atoms with van der Waals surface area (Å²) in [6, 6.07) is 13.0. The molecule has 168 valence electrons. The number of ether oxygens (including phenoxy) is 3. The second kappa shape index (κ2) is 8.04. The molecule has 7 nitrogen and oxygen atoms in total. The molecule has 0 unspecified atom stereocenters. The van der Waals surface area contributed by atoms with E-state index in [9.17, 15) is 9.59 Å². The zero-order valence-corrected chi connectivity index (χ0v) is 18.4. The molecule has 2 aromatic rings. The van der Waals surface area contributed by atoms with Crippen LogP contribution >= 0.6 is 0 Å². The molecular weight excluding hydrogens is 408 g/mol. The van der Waals surface area contributed by atoms with Gasteiger partial charge >= 0.3 is 0 Å². The van der Waals surface area contributed by atoms with Crippen molar-refractivity contribution in [3.63, 3.8) is 0 Å². The number of benzene rings is 2. The Morgan fingerprint density at radius 1 is 1.19 bits per heavy atom. The predicted octanol–water partition coefficient (Wildman–Crippen LogP) is 3.27. The van der Waals surface area contributed by atoms with Crippen LogP contribution in [-0.4, -0.2) is 31.8 Å². The van der Waals surface area contributed by atoms with Gasteiger partial charge in [-0.25, -0.2) is 0 Å². The van der Waals surface area contributed by atoms with E-state index in [1.165, 1.54) is 0 Å². The monoisotopic (exact) mass is 436 g/mol. The third kappa shape index (κ3) is 3.45. The molecule has 0 radical (unpaired) electrons. The number of hydrogen-bond donors (Lipinski definition) is 2. The number of para-hydroxylation sites is 1. The lowest BCUT2D eigenvalue weighted by Gasteiger charge is -2.55. The molecule has 2 amide bonds. The van der Waals surface area contributed by atoms with E-state index in [2.05, 4.69) is 10.6 Å². The number of hydrogen-bond acceptors (Lipinski definition) is 5. The largest absolute Gasteiger partial charge is 0.497 e. The molecular formula is C25H28N2O5. The van der Waals surface area contributed by atoms with Crippen molar-refractivity contribution >= 4 is 11.8 Å². The van der Waals surface area contributed by atoms with E-state index in [1.54, 1.807) is 32.4 Å². The maximum absolute atomic E-state index is 13.1. The minimum atomic E-state index is -0.751. The first-order valence-electron chi connectivity index (χ1n) is 11.1.